The first-order valence-corrected chi connectivity index (χ1v) is 11.3. The van der Waals surface area contributed by atoms with Crippen molar-refractivity contribution in [2.75, 3.05) is 0 Å². The van der Waals surface area contributed by atoms with Crippen molar-refractivity contribution in [3.63, 3.8) is 0 Å². The van der Waals surface area contributed by atoms with Gasteiger partial charge < -0.3 is 4.57 Å². The summed E-state index contributed by atoms with van der Waals surface area (Å²) in [4.78, 5) is 0. The first kappa shape index (κ1) is 16.6. The van der Waals surface area contributed by atoms with Crippen LogP contribution in [0.4, 0.5) is 0 Å². The molecule has 0 aliphatic carbocycles. The Morgan fingerprint density at radius 1 is 0.531 bits per heavy atom. The Bertz CT molecular complexity index is 1730. The molecule has 0 atom stereocenters. The minimum Gasteiger partial charge on any atom is -0.310 e. The zero-order valence-corrected chi connectivity index (χ0v) is 17.4. The Morgan fingerprint density at radius 3 is 2.22 bits per heavy atom. The summed E-state index contributed by atoms with van der Waals surface area (Å²) in [7, 11) is 0. The van der Waals surface area contributed by atoms with E-state index in [-0.39, 0.29) is 6.71 Å². The van der Waals surface area contributed by atoms with Crippen molar-refractivity contribution in [2.24, 2.45) is 0 Å². The minimum absolute atomic E-state index is 0.278. The van der Waals surface area contributed by atoms with E-state index in [1.54, 1.807) is 0 Å². The molecule has 32 heavy (non-hydrogen) atoms. The van der Waals surface area contributed by atoms with Crippen LogP contribution in [0.25, 0.3) is 49.7 Å². The van der Waals surface area contributed by atoms with Gasteiger partial charge in [0.15, 0.2) is 0 Å². The second-order valence-corrected chi connectivity index (χ2v) is 8.90. The molecule has 0 saturated carbocycles. The first-order valence-electron chi connectivity index (χ1n) is 11.3. The van der Waals surface area contributed by atoms with Crippen LogP contribution in [0, 0.1) is 0 Å². The lowest BCUT2D eigenvalue weighted by Crippen LogP contribution is -2.53. The molecule has 0 unspecified atom stereocenters. The van der Waals surface area contributed by atoms with Crippen LogP contribution in [-0.2, 0) is 0 Å². The number of hydrogen-bond donors (Lipinski definition) is 0. The van der Waals surface area contributed by atoms with Crippen molar-refractivity contribution in [3.05, 3.63) is 109 Å². The third-order valence-electron chi connectivity index (χ3n) is 7.41. The lowest BCUT2D eigenvalue weighted by atomic mass is 9.37. The van der Waals surface area contributed by atoms with Gasteiger partial charge in [0.2, 0.25) is 6.71 Å². The molecule has 2 heteroatoms. The van der Waals surface area contributed by atoms with E-state index < -0.39 is 0 Å². The molecular formula is C30H18BN. The normalized spacial score (nSPS) is 12.9. The molecule has 8 rings (SSSR count). The van der Waals surface area contributed by atoms with E-state index in [2.05, 4.69) is 114 Å². The number of nitrogens with zero attached hydrogens (tertiary/aromatic N) is 1. The van der Waals surface area contributed by atoms with E-state index >= 15 is 0 Å². The Labute approximate surface area is 186 Å². The molecule has 2 aliphatic rings. The van der Waals surface area contributed by atoms with Crippen LogP contribution in [-0.4, -0.2) is 11.3 Å². The number of aromatic nitrogens is 1. The number of para-hydroxylation sites is 2. The van der Waals surface area contributed by atoms with Crippen LogP contribution >= 0.6 is 0 Å². The van der Waals surface area contributed by atoms with Crippen molar-refractivity contribution in [1.29, 1.82) is 0 Å². The number of rotatable bonds is 1. The summed E-state index contributed by atoms with van der Waals surface area (Å²) in [5.74, 6) is 0. The van der Waals surface area contributed by atoms with Gasteiger partial charge in [0.05, 0.1) is 5.52 Å². The summed E-state index contributed by atoms with van der Waals surface area (Å²) in [6, 6.07) is 40.2. The number of hydrogen-bond acceptors (Lipinski definition) is 0. The molecule has 0 saturated heterocycles. The van der Waals surface area contributed by atoms with E-state index in [4.69, 9.17) is 0 Å². The molecule has 146 valence electrons. The fourth-order valence-electron chi connectivity index (χ4n) is 6.23. The SMILES string of the molecule is c1ccc(-c2ccc3c4c2-c2ccccc2B4c2cccc4c5ccccc5n-3c24)cc1. The molecule has 0 fully saturated rings. The van der Waals surface area contributed by atoms with Gasteiger partial charge in [-0.05, 0) is 45.3 Å². The van der Waals surface area contributed by atoms with Gasteiger partial charge in [-0.1, -0.05) is 103 Å². The van der Waals surface area contributed by atoms with Crippen molar-refractivity contribution in [3.8, 4) is 27.9 Å². The van der Waals surface area contributed by atoms with Crippen LogP contribution in [0.2, 0.25) is 0 Å². The van der Waals surface area contributed by atoms with Crippen molar-refractivity contribution in [1.82, 2.24) is 4.57 Å². The maximum Gasteiger partial charge on any atom is 0.248 e. The van der Waals surface area contributed by atoms with E-state index in [0.29, 0.717) is 0 Å². The molecule has 0 N–H and O–H groups in total. The third-order valence-corrected chi connectivity index (χ3v) is 7.41. The second-order valence-electron chi connectivity index (χ2n) is 8.90. The highest BCUT2D eigenvalue weighted by atomic mass is 15.0. The summed E-state index contributed by atoms with van der Waals surface area (Å²) < 4.78 is 2.51. The zero-order valence-electron chi connectivity index (χ0n) is 17.4. The smallest absolute Gasteiger partial charge is 0.248 e. The van der Waals surface area contributed by atoms with Crippen LogP contribution < -0.4 is 16.4 Å². The third kappa shape index (κ3) is 1.87. The van der Waals surface area contributed by atoms with E-state index in [1.165, 1.54) is 66.1 Å². The zero-order chi connectivity index (χ0) is 20.8. The molecule has 2 aliphatic heterocycles. The summed E-state index contributed by atoms with van der Waals surface area (Å²) in [6.45, 7) is 0.278. The maximum absolute atomic E-state index is 2.51. The Morgan fingerprint density at radius 2 is 1.28 bits per heavy atom. The standard InChI is InChI=1S/C30H18BN/c1-2-9-19(10-3-1)20-17-18-27-29-28(20)23-12-4-6-14-24(23)31(29)25-15-8-13-22-21-11-5-7-16-26(21)32(27)30(22)25/h1-18H. The first-order chi connectivity index (χ1) is 15.9. The minimum atomic E-state index is 0.278. The fourth-order valence-corrected chi connectivity index (χ4v) is 6.23. The van der Waals surface area contributed by atoms with Crippen LogP contribution in [0.1, 0.15) is 0 Å². The van der Waals surface area contributed by atoms with E-state index in [0.717, 1.165) is 0 Å². The van der Waals surface area contributed by atoms with Gasteiger partial charge in [-0.2, -0.15) is 0 Å². The number of benzene rings is 5. The summed E-state index contributed by atoms with van der Waals surface area (Å²) in [6.07, 6.45) is 0. The Kier molecular flexibility index (Phi) is 3.02. The summed E-state index contributed by atoms with van der Waals surface area (Å²) in [5.41, 5.74) is 13.7. The molecule has 5 aromatic carbocycles. The molecule has 0 radical (unpaired) electrons. The van der Waals surface area contributed by atoms with Gasteiger partial charge in [-0.15, -0.1) is 0 Å². The van der Waals surface area contributed by atoms with Gasteiger partial charge in [-0.25, -0.2) is 0 Å². The lowest BCUT2D eigenvalue weighted by molar-refractivity contribution is 1.19. The summed E-state index contributed by atoms with van der Waals surface area (Å²) in [5, 5.41) is 2.68. The maximum atomic E-state index is 2.51. The van der Waals surface area contributed by atoms with E-state index in [9.17, 15) is 0 Å². The van der Waals surface area contributed by atoms with Crippen LogP contribution in [0.5, 0.6) is 0 Å². The molecule has 6 aromatic rings. The van der Waals surface area contributed by atoms with Crippen LogP contribution in [0.3, 0.4) is 0 Å². The van der Waals surface area contributed by atoms with Gasteiger partial charge in [0, 0.05) is 22.0 Å². The molecule has 1 nitrogen and oxygen atoms in total. The lowest BCUT2D eigenvalue weighted by Gasteiger charge is -2.25. The van der Waals surface area contributed by atoms with Gasteiger partial charge in [0.1, 0.15) is 0 Å². The largest absolute Gasteiger partial charge is 0.310 e. The molecular weight excluding hydrogens is 385 g/mol. The molecule has 1 aromatic heterocycles. The average Bonchev–Trinajstić information content (AvgIpc) is 3.39. The highest BCUT2D eigenvalue weighted by Gasteiger charge is 2.41. The van der Waals surface area contributed by atoms with E-state index in [1.807, 2.05) is 0 Å². The molecule has 0 bridgehead atoms. The molecule has 3 heterocycles. The number of fused-ring (bicyclic) bond motifs is 8. The van der Waals surface area contributed by atoms with Crippen LogP contribution in [0.15, 0.2) is 109 Å². The predicted molar refractivity (Wildman–Crippen MR) is 136 cm³/mol. The van der Waals surface area contributed by atoms with Gasteiger partial charge in [-0.3, -0.25) is 0 Å². The predicted octanol–water partition coefficient (Wildman–Crippen LogP) is 5.26. The Hall–Kier alpha value is -4.04. The topological polar surface area (TPSA) is 4.93 Å². The molecule has 0 spiro atoms. The monoisotopic (exact) mass is 403 g/mol. The molecule has 0 amide bonds. The second kappa shape index (κ2) is 5.80. The van der Waals surface area contributed by atoms with Crippen molar-refractivity contribution in [2.45, 2.75) is 0 Å². The summed E-state index contributed by atoms with van der Waals surface area (Å²) >= 11 is 0. The van der Waals surface area contributed by atoms with Crippen molar-refractivity contribution >= 4 is 44.9 Å². The van der Waals surface area contributed by atoms with Gasteiger partial charge >= 0.3 is 0 Å². The highest BCUT2D eigenvalue weighted by molar-refractivity contribution is 7.01. The fraction of sp³-hybridized carbons (Fsp3) is 0. The average molecular weight is 403 g/mol. The highest BCUT2D eigenvalue weighted by Crippen LogP contribution is 2.40. The Balaban J connectivity index is 1.61. The van der Waals surface area contributed by atoms with Gasteiger partial charge in [0.25, 0.3) is 0 Å². The van der Waals surface area contributed by atoms with Crippen molar-refractivity contribution < 1.29 is 0 Å². The quantitative estimate of drug-likeness (QED) is 0.330.